The number of carbonyl (C=O) groups excluding carboxylic acids is 1. The van der Waals surface area contributed by atoms with E-state index in [0.717, 1.165) is 24.0 Å². The summed E-state index contributed by atoms with van der Waals surface area (Å²) in [7, 11) is 1.58. The minimum atomic E-state index is -0.236. The van der Waals surface area contributed by atoms with Crippen molar-refractivity contribution >= 4 is 11.7 Å². The fourth-order valence-corrected chi connectivity index (χ4v) is 3.51. The first-order valence-electron chi connectivity index (χ1n) is 9.27. The number of hydrogen-bond donors (Lipinski definition) is 1. The number of urea groups is 1. The number of anilines is 1. The van der Waals surface area contributed by atoms with Crippen LogP contribution in [-0.4, -0.2) is 34.7 Å². The lowest BCUT2D eigenvalue weighted by molar-refractivity contribution is 0.193. The lowest BCUT2D eigenvalue weighted by atomic mass is 10.1. The van der Waals surface area contributed by atoms with Crippen molar-refractivity contribution in [1.29, 1.82) is 0 Å². The average molecular weight is 378 g/mol. The van der Waals surface area contributed by atoms with E-state index in [0.29, 0.717) is 29.7 Å². The minimum Gasteiger partial charge on any atom is -0.495 e. The van der Waals surface area contributed by atoms with Gasteiger partial charge in [0.05, 0.1) is 12.8 Å². The van der Waals surface area contributed by atoms with Crippen molar-refractivity contribution in [2.75, 3.05) is 19.0 Å². The van der Waals surface area contributed by atoms with Crippen molar-refractivity contribution in [3.8, 4) is 17.1 Å². The lowest BCUT2D eigenvalue weighted by Gasteiger charge is -2.22. The summed E-state index contributed by atoms with van der Waals surface area (Å²) in [5.74, 6) is 1.63. The lowest BCUT2D eigenvalue weighted by Crippen LogP contribution is -2.34. The topological polar surface area (TPSA) is 80.5 Å². The SMILES string of the molecule is COc1ccccc1NC(=O)N1CCC[C@@H]1c1nc(-c2ccccc2C)no1. The highest BCUT2D eigenvalue weighted by molar-refractivity contribution is 5.91. The number of rotatable bonds is 4. The Kier molecular flexibility index (Phi) is 4.97. The average Bonchev–Trinajstić information content (AvgIpc) is 3.38. The second kappa shape index (κ2) is 7.72. The number of carbonyl (C=O) groups is 1. The summed E-state index contributed by atoms with van der Waals surface area (Å²) in [6.45, 7) is 2.64. The van der Waals surface area contributed by atoms with Crippen LogP contribution in [0.5, 0.6) is 5.75 Å². The van der Waals surface area contributed by atoms with Crippen LogP contribution in [-0.2, 0) is 0 Å². The summed E-state index contributed by atoms with van der Waals surface area (Å²) in [6.07, 6.45) is 1.67. The maximum atomic E-state index is 12.9. The first-order chi connectivity index (χ1) is 13.7. The highest BCUT2D eigenvalue weighted by Gasteiger charge is 2.34. The molecule has 0 saturated carbocycles. The first kappa shape index (κ1) is 18.0. The highest BCUT2D eigenvalue weighted by Crippen LogP contribution is 2.33. The molecule has 0 spiro atoms. The van der Waals surface area contributed by atoms with E-state index in [1.807, 2.05) is 55.5 Å². The summed E-state index contributed by atoms with van der Waals surface area (Å²) in [4.78, 5) is 19.2. The number of methoxy groups -OCH3 is 1. The molecule has 2 amide bonds. The fraction of sp³-hybridized carbons (Fsp3) is 0.286. The highest BCUT2D eigenvalue weighted by atomic mass is 16.5. The van der Waals surface area contributed by atoms with Crippen molar-refractivity contribution in [2.45, 2.75) is 25.8 Å². The quantitative estimate of drug-likeness (QED) is 0.727. The van der Waals surface area contributed by atoms with Gasteiger partial charge in [0.25, 0.3) is 0 Å². The van der Waals surface area contributed by atoms with E-state index >= 15 is 0 Å². The Morgan fingerprint density at radius 1 is 1.21 bits per heavy atom. The molecule has 7 nitrogen and oxygen atoms in total. The first-order valence-corrected chi connectivity index (χ1v) is 9.27. The van der Waals surface area contributed by atoms with Gasteiger partial charge in [-0.25, -0.2) is 4.79 Å². The Labute approximate surface area is 163 Å². The normalized spacial score (nSPS) is 16.2. The van der Waals surface area contributed by atoms with Gasteiger partial charge in [0.2, 0.25) is 11.7 Å². The predicted molar refractivity (Wildman–Crippen MR) is 105 cm³/mol. The van der Waals surface area contributed by atoms with Gasteiger partial charge in [0.15, 0.2) is 0 Å². The Morgan fingerprint density at radius 3 is 2.82 bits per heavy atom. The van der Waals surface area contributed by atoms with Crippen LogP contribution in [0.3, 0.4) is 0 Å². The number of nitrogens with one attached hydrogen (secondary N) is 1. The van der Waals surface area contributed by atoms with E-state index in [4.69, 9.17) is 9.26 Å². The van der Waals surface area contributed by atoms with E-state index in [9.17, 15) is 4.79 Å². The molecule has 1 aliphatic rings. The molecular formula is C21H22N4O3. The molecule has 1 N–H and O–H groups in total. The molecular weight excluding hydrogens is 356 g/mol. The molecule has 2 aromatic carbocycles. The van der Waals surface area contributed by atoms with Crippen LogP contribution >= 0.6 is 0 Å². The van der Waals surface area contributed by atoms with Gasteiger partial charge in [-0.05, 0) is 37.5 Å². The maximum absolute atomic E-state index is 12.9. The van der Waals surface area contributed by atoms with Crippen LogP contribution in [0.1, 0.15) is 30.3 Å². The Hall–Kier alpha value is -3.35. The van der Waals surface area contributed by atoms with Crippen LogP contribution in [0.2, 0.25) is 0 Å². The summed E-state index contributed by atoms with van der Waals surface area (Å²) in [5, 5.41) is 7.06. The third-order valence-electron chi connectivity index (χ3n) is 4.98. The zero-order valence-electron chi connectivity index (χ0n) is 15.9. The molecule has 1 aliphatic heterocycles. The van der Waals surface area contributed by atoms with Gasteiger partial charge < -0.3 is 19.5 Å². The largest absolute Gasteiger partial charge is 0.495 e. The Bertz CT molecular complexity index is 985. The zero-order chi connectivity index (χ0) is 19.5. The van der Waals surface area contributed by atoms with E-state index < -0.39 is 0 Å². The van der Waals surface area contributed by atoms with Crippen LogP contribution in [0.4, 0.5) is 10.5 Å². The Morgan fingerprint density at radius 2 is 2.00 bits per heavy atom. The Balaban J connectivity index is 1.54. The zero-order valence-corrected chi connectivity index (χ0v) is 15.9. The van der Waals surface area contributed by atoms with Gasteiger partial charge in [-0.1, -0.05) is 41.6 Å². The van der Waals surface area contributed by atoms with Gasteiger partial charge in [0, 0.05) is 12.1 Å². The second-order valence-electron chi connectivity index (χ2n) is 6.75. The third kappa shape index (κ3) is 3.43. The van der Waals surface area contributed by atoms with Gasteiger partial charge in [-0.3, -0.25) is 0 Å². The number of hydrogen-bond acceptors (Lipinski definition) is 5. The number of aryl methyl sites for hydroxylation is 1. The molecule has 1 fully saturated rings. The molecule has 0 unspecified atom stereocenters. The molecule has 1 aromatic heterocycles. The van der Waals surface area contributed by atoms with E-state index in [-0.39, 0.29) is 12.1 Å². The van der Waals surface area contributed by atoms with Crippen molar-refractivity contribution in [3.63, 3.8) is 0 Å². The van der Waals surface area contributed by atoms with Gasteiger partial charge in [0.1, 0.15) is 11.8 Å². The predicted octanol–water partition coefficient (Wildman–Crippen LogP) is 4.42. The number of benzene rings is 2. The van der Waals surface area contributed by atoms with Crippen LogP contribution < -0.4 is 10.1 Å². The molecule has 0 aliphatic carbocycles. The molecule has 2 heterocycles. The molecule has 28 heavy (non-hydrogen) atoms. The van der Waals surface area contributed by atoms with Crippen molar-refractivity contribution in [1.82, 2.24) is 15.0 Å². The second-order valence-corrected chi connectivity index (χ2v) is 6.75. The number of para-hydroxylation sites is 2. The van der Waals surface area contributed by atoms with Crippen molar-refractivity contribution < 1.29 is 14.1 Å². The summed E-state index contributed by atoms with van der Waals surface area (Å²) < 4.78 is 10.8. The molecule has 4 rings (SSSR count). The molecule has 144 valence electrons. The number of amides is 2. The minimum absolute atomic E-state index is 0.206. The smallest absolute Gasteiger partial charge is 0.322 e. The van der Waals surface area contributed by atoms with Crippen LogP contribution in [0.15, 0.2) is 53.1 Å². The molecule has 7 heteroatoms. The van der Waals surface area contributed by atoms with Crippen molar-refractivity contribution in [3.05, 3.63) is 60.0 Å². The van der Waals surface area contributed by atoms with Crippen LogP contribution in [0, 0.1) is 6.92 Å². The third-order valence-corrected chi connectivity index (χ3v) is 4.98. The fourth-order valence-electron chi connectivity index (χ4n) is 3.51. The standard InChI is InChI=1S/C21H22N4O3/c1-14-8-3-4-9-15(14)19-23-20(28-24-19)17-11-7-13-25(17)21(26)22-16-10-5-6-12-18(16)27-2/h3-6,8-10,12,17H,7,11,13H2,1-2H3,(H,22,26)/t17-/m1/s1. The molecule has 1 saturated heterocycles. The summed E-state index contributed by atoms with van der Waals surface area (Å²) in [6, 6.07) is 14.8. The molecule has 0 bridgehead atoms. The van der Waals surface area contributed by atoms with Gasteiger partial charge in [-0.2, -0.15) is 4.98 Å². The summed E-state index contributed by atoms with van der Waals surface area (Å²) in [5.41, 5.74) is 2.64. The number of nitrogens with zero attached hydrogens (tertiary/aromatic N) is 3. The van der Waals surface area contributed by atoms with Crippen LogP contribution in [0.25, 0.3) is 11.4 Å². The number of aromatic nitrogens is 2. The molecule has 0 radical (unpaired) electrons. The number of likely N-dealkylation sites (tertiary alicyclic amines) is 1. The summed E-state index contributed by atoms with van der Waals surface area (Å²) >= 11 is 0. The van der Waals surface area contributed by atoms with E-state index in [1.165, 1.54) is 0 Å². The number of ether oxygens (including phenoxy) is 1. The van der Waals surface area contributed by atoms with Crippen molar-refractivity contribution in [2.24, 2.45) is 0 Å². The molecule has 1 atom stereocenters. The molecule has 3 aromatic rings. The maximum Gasteiger partial charge on any atom is 0.322 e. The van der Waals surface area contributed by atoms with E-state index in [1.54, 1.807) is 12.0 Å². The van der Waals surface area contributed by atoms with Gasteiger partial charge in [-0.15, -0.1) is 0 Å². The monoisotopic (exact) mass is 378 g/mol. The van der Waals surface area contributed by atoms with Gasteiger partial charge >= 0.3 is 6.03 Å². The van der Waals surface area contributed by atoms with E-state index in [2.05, 4.69) is 15.5 Å².